The van der Waals surface area contributed by atoms with Gasteiger partial charge in [0.15, 0.2) is 5.11 Å². The smallest absolute Gasteiger partial charge is 0.171 e. The van der Waals surface area contributed by atoms with Gasteiger partial charge in [0, 0.05) is 18.3 Å². The molecular weight excluding hydrogens is 399 g/mol. The van der Waals surface area contributed by atoms with Crippen LogP contribution >= 0.6 is 35.4 Å². The number of rotatable bonds is 6. The molecule has 0 aliphatic carbocycles. The zero-order valence-corrected chi connectivity index (χ0v) is 16.7. The topological polar surface area (TPSA) is 54.2 Å². The molecule has 0 aliphatic rings. The van der Waals surface area contributed by atoms with Crippen LogP contribution in [0.5, 0.6) is 0 Å². The molecule has 1 heterocycles. The summed E-state index contributed by atoms with van der Waals surface area (Å²) < 4.78 is 0. The average Bonchev–Trinajstić information content (AvgIpc) is 2.68. The van der Waals surface area contributed by atoms with Gasteiger partial charge in [0.25, 0.3) is 0 Å². The van der Waals surface area contributed by atoms with Gasteiger partial charge in [0.2, 0.25) is 0 Å². The van der Waals surface area contributed by atoms with Crippen LogP contribution in [0.3, 0.4) is 0 Å². The lowest BCUT2D eigenvalue weighted by molar-refractivity contribution is 0.982. The maximum Gasteiger partial charge on any atom is 0.171 e. The number of nitrogens with one attached hydrogen (secondary N) is 1. The Kier molecular flexibility index (Phi) is 6.50. The monoisotopic (exact) mass is 416 g/mol. The number of aromatic nitrogens is 1. The zero-order valence-electron chi connectivity index (χ0n) is 14.4. The largest absolute Gasteiger partial charge is 0.376 e. The van der Waals surface area contributed by atoms with E-state index in [4.69, 9.17) is 41.2 Å². The number of hydrogen-bond acceptors (Lipinski definition) is 3. The van der Waals surface area contributed by atoms with Crippen molar-refractivity contribution in [1.29, 1.82) is 0 Å². The van der Waals surface area contributed by atoms with Crippen LogP contribution in [0.4, 0.5) is 11.5 Å². The van der Waals surface area contributed by atoms with E-state index < -0.39 is 0 Å². The molecule has 0 saturated heterocycles. The summed E-state index contributed by atoms with van der Waals surface area (Å²) in [6.45, 7) is 1.08. The molecule has 0 amide bonds. The minimum atomic E-state index is 0.206. The van der Waals surface area contributed by atoms with Crippen molar-refractivity contribution in [2.45, 2.75) is 13.1 Å². The molecule has 0 spiro atoms. The fraction of sp³-hybridized carbons (Fsp3) is 0.100. The summed E-state index contributed by atoms with van der Waals surface area (Å²) >= 11 is 17.8. The molecule has 1 aromatic heterocycles. The summed E-state index contributed by atoms with van der Waals surface area (Å²) in [6.07, 6.45) is 1.74. The second-order valence-electron chi connectivity index (χ2n) is 5.85. The van der Waals surface area contributed by atoms with Crippen molar-refractivity contribution in [3.8, 4) is 0 Å². The molecule has 3 aromatic rings. The normalized spacial score (nSPS) is 10.4. The fourth-order valence-corrected chi connectivity index (χ4v) is 3.22. The SMILES string of the molecule is NC(=S)N(Cc1cccnc1NCc1ccccc1)c1cccc(Cl)c1Cl. The number of nitrogens with two attached hydrogens (primary N) is 1. The summed E-state index contributed by atoms with van der Waals surface area (Å²) in [4.78, 5) is 6.20. The van der Waals surface area contributed by atoms with Gasteiger partial charge in [-0.2, -0.15) is 0 Å². The molecule has 138 valence electrons. The molecular formula is C20H18Cl2N4S. The highest BCUT2D eigenvalue weighted by molar-refractivity contribution is 7.80. The van der Waals surface area contributed by atoms with Crippen LogP contribution < -0.4 is 16.0 Å². The predicted octanol–water partition coefficient (Wildman–Crippen LogP) is 5.25. The predicted molar refractivity (Wildman–Crippen MR) is 117 cm³/mol. The third-order valence-electron chi connectivity index (χ3n) is 4.01. The minimum absolute atomic E-state index is 0.206. The van der Waals surface area contributed by atoms with E-state index in [1.165, 1.54) is 0 Å². The van der Waals surface area contributed by atoms with Gasteiger partial charge in [0.1, 0.15) is 5.82 Å². The minimum Gasteiger partial charge on any atom is -0.376 e. The Morgan fingerprint density at radius 3 is 2.56 bits per heavy atom. The van der Waals surface area contributed by atoms with E-state index in [0.717, 1.165) is 16.9 Å². The number of nitrogens with zero attached hydrogens (tertiary/aromatic N) is 2. The Balaban J connectivity index is 1.85. The number of halogens is 2. The van der Waals surface area contributed by atoms with Gasteiger partial charge in [-0.15, -0.1) is 0 Å². The van der Waals surface area contributed by atoms with E-state index in [2.05, 4.69) is 22.4 Å². The molecule has 0 saturated carbocycles. The van der Waals surface area contributed by atoms with E-state index in [1.807, 2.05) is 42.5 Å². The van der Waals surface area contributed by atoms with Crippen LogP contribution in [-0.2, 0) is 13.1 Å². The molecule has 3 rings (SSSR count). The summed E-state index contributed by atoms with van der Waals surface area (Å²) in [5, 5.41) is 4.44. The van der Waals surface area contributed by atoms with Crippen molar-refractivity contribution >= 4 is 52.0 Å². The van der Waals surface area contributed by atoms with Crippen LogP contribution in [0.25, 0.3) is 0 Å². The van der Waals surface area contributed by atoms with Gasteiger partial charge in [-0.3, -0.25) is 0 Å². The van der Waals surface area contributed by atoms with Crippen molar-refractivity contribution in [3.05, 3.63) is 88.0 Å². The number of anilines is 2. The third-order valence-corrected chi connectivity index (χ3v) is 5.04. The Morgan fingerprint density at radius 1 is 1.04 bits per heavy atom. The second kappa shape index (κ2) is 9.04. The van der Waals surface area contributed by atoms with E-state index in [1.54, 1.807) is 17.2 Å². The Morgan fingerprint density at radius 2 is 1.81 bits per heavy atom. The van der Waals surface area contributed by atoms with Gasteiger partial charge in [-0.05, 0) is 36.0 Å². The van der Waals surface area contributed by atoms with Gasteiger partial charge < -0.3 is 16.0 Å². The Labute approximate surface area is 173 Å². The molecule has 0 unspecified atom stereocenters. The summed E-state index contributed by atoms with van der Waals surface area (Å²) in [5.41, 5.74) is 8.73. The average molecular weight is 417 g/mol. The Bertz CT molecular complexity index is 934. The van der Waals surface area contributed by atoms with Crippen molar-refractivity contribution in [2.75, 3.05) is 10.2 Å². The first-order valence-corrected chi connectivity index (χ1v) is 9.45. The van der Waals surface area contributed by atoms with Gasteiger partial charge in [-0.25, -0.2) is 4.98 Å². The zero-order chi connectivity index (χ0) is 19.2. The number of hydrogen-bond donors (Lipinski definition) is 2. The summed E-state index contributed by atoms with van der Waals surface area (Å²) in [5.74, 6) is 0.765. The fourth-order valence-electron chi connectivity index (χ4n) is 2.66. The van der Waals surface area contributed by atoms with Crippen LogP contribution in [0.15, 0.2) is 66.9 Å². The lowest BCUT2D eigenvalue weighted by atomic mass is 10.2. The quantitative estimate of drug-likeness (QED) is 0.537. The molecule has 0 atom stereocenters. The highest BCUT2D eigenvalue weighted by Gasteiger charge is 2.17. The summed E-state index contributed by atoms with van der Waals surface area (Å²) in [6, 6.07) is 19.3. The number of thiocarbonyl (C=S) groups is 1. The molecule has 4 nitrogen and oxygen atoms in total. The van der Waals surface area contributed by atoms with E-state index in [0.29, 0.717) is 28.8 Å². The van der Waals surface area contributed by atoms with E-state index in [-0.39, 0.29) is 5.11 Å². The molecule has 7 heteroatoms. The highest BCUT2D eigenvalue weighted by Crippen LogP contribution is 2.33. The Hall–Kier alpha value is -2.34. The van der Waals surface area contributed by atoms with Gasteiger partial charge in [0.05, 0.1) is 22.3 Å². The highest BCUT2D eigenvalue weighted by atomic mass is 35.5. The van der Waals surface area contributed by atoms with Crippen LogP contribution in [0.2, 0.25) is 10.0 Å². The van der Waals surface area contributed by atoms with Gasteiger partial charge in [-0.1, -0.05) is 65.7 Å². The van der Waals surface area contributed by atoms with Crippen LogP contribution in [0.1, 0.15) is 11.1 Å². The summed E-state index contributed by atoms with van der Waals surface area (Å²) in [7, 11) is 0. The lowest BCUT2D eigenvalue weighted by Crippen LogP contribution is -2.35. The van der Waals surface area contributed by atoms with E-state index in [9.17, 15) is 0 Å². The van der Waals surface area contributed by atoms with Gasteiger partial charge >= 0.3 is 0 Å². The number of pyridine rings is 1. The number of benzene rings is 2. The standard InChI is InChI=1S/C20H18Cl2N4S/c21-16-9-4-10-17(18(16)22)26(20(23)27)13-15-8-5-11-24-19(15)25-12-14-6-2-1-3-7-14/h1-11H,12-13H2,(H2,23,27)(H,24,25). The first kappa shape index (κ1) is 19.4. The molecule has 3 N–H and O–H groups in total. The van der Waals surface area contributed by atoms with E-state index >= 15 is 0 Å². The second-order valence-corrected chi connectivity index (χ2v) is 7.05. The molecule has 0 bridgehead atoms. The van der Waals surface area contributed by atoms with Crippen LogP contribution in [0, 0.1) is 0 Å². The molecule has 0 aliphatic heterocycles. The first-order valence-electron chi connectivity index (χ1n) is 8.29. The maximum absolute atomic E-state index is 6.36. The third kappa shape index (κ3) is 4.89. The van der Waals surface area contributed by atoms with Crippen LogP contribution in [-0.4, -0.2) is 10.1 Å². The first-order chi connectivity index (χ1) is 13.1. The van der Waals surface area contributed by atoms with Crippen molar-refractivity contribution in [1.82, 2.24) is 4.98 Å². The molecule has 27 heavy (non-hydrogen) atoms. The molecule has 0 radical (unpaired) electrons. The van der Waals surface area contributed by atoms with Crippen molar-refractivity contribution in [3.63, 3.8) is 0 Å². The maximum atomic E-state index is 6.36. The van der Waals surface area contributed by atoms with Crippen molar-refractivity contribution in [2.24, 2.45) is 5.73 Å². The molecule has 0 fully saturated rings. The van der Waals surface area contributed by atoms with Crippen molar-refractivity contribution < 1.29 is 0 Å². The molecule has 2 aromatic carbocycles. The lowest BCUT2D eigenvalue weighted by Gasteiger charge is -2.25.